The van der Waals surface area contributed by atoms with E-state index < -0.39 is 12.1 Å². The van der Waals surface area contributed by atoms with Gasteiger partial charge in [-0.2, -0.15) is 0 Å². The van der Waals surface area contributed by atoms with E-state index in [4.69, 9.17) is 9.98 Å². The molecule has 0 spiro atoms. The molecule has 4 rings (SSSR count). The maximum atomic E-state index is 12.6. The zero-order chi connectivity index (χ0) is 29.9. The van der Waals surface area contributed by atoms with Gasteiger partial charge in [0, 0.05) is 23.6 Å². The molecule has 4 aromatic carbocycles. The fourth-order valence-corrected chi connectivity index (χ4v) is 4.45. The van der Waals surface area contributed by atoms with Crippen LogP contribution in [0.2, 0.25) is 0 Å². The highest BCUT2D eigenvalue weighted by atomic mass is 16.3. The van der Waals surface area contributed by atoms with Crippen molar-refractivity contribution in [3.05, 3.63) is 155 Å². The Balaban J connectivity index is 1.87. The second kappa shape index (κ2) is 14.3. The third kappa shape index (κ3) is 7.43. The molecule has 0 amide bonds. The van der Waals surface area contributed by atoms with Crippen molar-refractivity contribution in [3.8, 4) is 0 Å². The van der Waals surface area contributed by atoms with Gasteiger partial charge in [0.25, 0.3) is 0 Å². The average Bonchev–Trinajstić information content (AvgIpc) is 3.03. The Bertz CT molecular complexity index is 1500. The molecular weight excluding hydrogens is 524 g/mol. The number of carbonyl (C=O) groups excluding carboxylic acids is 2. The topological polar surface area (TPSA) is 99.3 Å². The maximum absolute atomic E-state index is 12.6. The molecule has 42 heavy (non-hydrogen) atoms. The Labute approximate surface area is 245 Å². The molecule has 0 heterocycles. The van der Waals surface area contributed by atoms with Crippen LogP contribution in [-0.4, -0.2) is 34.2 Å². The smallest absolute Gasteiger partial charge is 0.165 e. The number of allylic oxidation sites excluding steroid dienone is 2. The first-order valence-corrected chi connectivity index (χ1v) is 13.5. The van der Waals surface area contributed by atoms with E-state index in [1.165, 1.54) is 26.3 Å². The van der Waals surface area contributed by atoms with Gasteiger partial charge in [-0.1, -0.05) is 121 Å². The molecule has 0 fully saturated rings. The number of hydrogen-bond donors (Lipinski definition) is 2. The van der Waals surface area contributed by atoms with E-state index in [-0.39, 0.29) is 34.2 Å². The van der Waals surface area contributed by atoms with E-state index in [0.717, 1.165) is 11.1 Å². The number of aliphatic hydroxyl groups excluding tert-OH is 2. The van der Waals surface area contributed by atoms with Gasteiger partial charge in [0.2, 0.25) is 0 Å². The van der Waals surface area contributed by atoms with Crippen molar-refractivity contribution in [2.24, 2.45) is 9.98 Å². The van der Waals surface area contributed by atoms with E-state index in [1.54, 1.807) is 48.5 Å². The highest BCUT2D eigenvalue weighted by Crippen LogP contribution is 2.36. The second-order valence-corrected chi connectivity index (χ2v) is 9.64. The normalized spacial score (nSPS) is 14.2. The fourth-order valence-electron chi connectivity index (χ4n) is 4.45. The number of benzene rings is 4. The summed E-state index contributed by atoms with van der Waals surface area (Å²) < 4.78 is 0. The van der Waals surface area contributed by atoms with Crippen molar-refractivity contribution in [1.29, 1.82) is 0 Å². The van der Waals surface area contributed by atoms with Crippen LogP contribution < -0.4 is 0 Å². The molecular formula is C36H32N2O4. The first-order valence-electron chi connectivity index (χ1n) is 13.5. The predicted molar refractivity (Wildman–Crippen MR) is 169 cm³/mol. The summed E-state index contributed by atoms with van der Waals surface area (Å²) in [7, 11) is 0. The Morgan fingerprint density at radius 1 is 0.524 bits per heavy atom. The number of aliphatic hydroxyl groups is 2. The Morgan fingerprint density at radius 2 is 0.810 bits per heavy atom. The number of ketones is 2. The Morgan fingerprint density at radius 3 is 1.10 bits per heavy atom. The number of hydrogen-bond acceptors (Lipinski definition) is 6. The minimum atomic E-state index is -0.644. The summed E-state index contributed by atoms with van der Waals surface area (Å²) in [6.07, 6.45) is 2.77. The van der Waals surface area contributed by atoms with Gasteiger partial charge in [-0.25, -0.2) is 0 Å². The van der Waals surface area contributed by atoms with Gasteiger partial charge in [-0.05, 0) is 25.0 Å². The van der Waals surface area contributed by atoms with E-state index in [2.05, 4.69) is 0 Å². The minimum absolute atomic E-state index is 0.0592. The summed E-state index contributed by atoms with van der Waals surface area (Å²) in [4.78, 5) is 34.9. The van der Waals surface area contributed by atoms with E-state index >= 15 is 0 Å². The summed E-state index contributed by atoms with van der Waals surface area (Å²) in [6.45, 7) is 2.75. The largest absolute Gasteiger partial charge is 0.507 e. The van der Waals surface area contributed by atoms with Crippen molar-refractivity contribution >= 4 is 35.5 Å². The summed E-state index contributed by atoms with van der Waals surface area (Å²) in [5, 5.41) is 21.9. The average molecular weight is 557 g/mol. The van der Waals surface area contributed by atoms with Gasteiger partial charge < -0.3 is 10.2 Å². The molecule has 0 aromatic heterocycles. The molecule has 0 aliphatic heterocycles. The predicted octanol–water partition coefficient (Wildman–Crippen LogP) is 7.73. The van der Waals surface area contributed by atoms with E-state index in [0.29, 0.717) is 11.1 Å². The molecule has 0 saturated heterocycles. The Kier molecular flexibility index (Phi) is 10.1. The van der Waals surface area contributed by atoms with Gasteiger partial charge in [0.05, 0.1) is 11.1 Å². The lowest BCUT2D eigenvalue weighted by atomic mass is 9.93. The molecule has 6 heteroatoms. The number of aliphatic imine (C=N–C) groups is 2. The SMILES string of the molecule is CC(=O)C(C=N[C@@H](c1ccccc1)[C@@H](N=CC(C(C)=O)=C(O)c1ccccc1)c1ccccc1)=C(O)c1ccccc1. The zero-order valence-corrected chi connectivity index (χ0v) is 23.5. The highest BCUT2D eigenvalue weighted by molar-refractivity contribution is 6.18. The molecule has 0 radical (unpaired) electrons. The van der Waals surface area contributed by atoms with Gasteiger partial charge >= 0.3 is 0 Å². The lowest BCUT2D eigenvalue weighted by molar-refractivity contribution is -0.114. The standard InChI is InChI=1S/C36H32N2O4/c1-25(39)31(35(41)29-19-11-5-12-20-29)23-37-33(27-15-7-3-8-16-27)34(28-17-9-4-10-18-28)38-24-32(26(2)40)36(42)30-21-13-6-14-22-30/h3-24,33-34,41-42H,1-2H3/t33-,34-/m0/s1. The molecule has 0 unspecified atom stereocenters. The number of carbonyl (C=O) groups is 2. The fraction of sp³-hybridized carbons (Fsp3) is 0.111. The van der Waals surface area contributed by atoms with Gasteiger partial charge in [0.1, 0.15) is 23.6 Å². The van der Waals surface area contributed by atoms with Crippen molar-refractivity contribution in [2.45, 2.75) is 25.9 Å². The quantitative estimate of drug-likeness (QED) is 0.112. The van der Waals surface area contributed by atoms with Gasteiger partial charge in [0.15, 0.2) is 11.6 Å². The van der Waals surface area contributed by atoms with Crippen LogP contribution in [0.25, 0.3) is 11.5 Å². The lowest BCUT2D eigenvalue weighted by Gasteiger charge is -2.22. The third-order valence-corrected chi connectivity index (χ3v) is 6.67. The molecule has 4 aromatic rings. The van der Waals surface area contributed by atoms with Crippen LogP contribution in [0, 0.1) is 0 Å². The summed E-state index contributed by atoms with van der Waals surface area (Å²) >= 11 is 0. The minimum Gasteiger partial charge on any atom is -0.507 e. The monoisotopic (exact) mass is 556 g/mol. The zero-order valence-electron chi connectivity index (χ0n) is 23.5. The van der Waals surface area contributed by atoms with Crippen LogP contribution in [0.5, 0.6) is 0 Å². The molecule has 2 atom stereocenters. The number of Topliss-reactive ketones (excluding diaryl/α,β-unsaturated/α-hetero) is 2. The molecule has 0 aliphatic carbocycles. The van der Waals surface area contributed by atoms with Crippen molar-refractivity contribution in [2.75, 3.05) is 0 Å². The van der Waals surface area contributed by atoms with Crippen LogP contribution in [0.3, 0.4) is 0 Å². The summed E-state index contributed by atoms with van der Waals surface area (Å²) in [6, 6.07) is 35.3. The van der Waals surface area contributed by atoms with Crippen molar-refractivity contribution in [1.82, 2.24) is 0 Å². The van der Waals surface area contributed by atoms with Crippen molar-refractivity contribution < 1.29 is 19.8 Å². The van der Waals surface area contributed by atoms with E-state index in [1.807, 2.05) is 72.8 Å². The summed E-state index contributed by atoms with van der Waals surface area (Å²) in [5.74, 6) is -1.04. The van der Waals surface area contributed by atoms with Crippen LogP contribution in [0.4, 0.5) is 0 Å². The van der Waals surface area contributed by atoms with Crippen LogP contribution in [-0.2, 0) is 9.59 Å². The van der Waals surface area contributed by atoms with Crippen molar-refractivity contribution in [3.63, 3.8) is 0 Å². The maximum Gasteiger partial charge on any atom is 0.165 e. The first kappa shape index (κ1) is 29.6. The van der Waals surface area contributed by atoms with Gasteiger partial charge in [-0.15, -0.1) is 0 Å². The second-order valence-electron chi connectivity index (χ2n) is 9.64. The van der Waals surface area contributed by atoms with Crippen LogP contribution in [0.15, 0.2) is 142 Å². The van der Waals surface area contributed by atoms with Gasteiger partial charge in [-0.3, -0.25) is 19.6 Å². The molecule has 2 N–H and O–H groups in total. The number of nitrogens with zero attached hydrogens (tertiary/aromatic N) is 2. The molecule has 6 nitrogen and oxygen atoms in total. The van der Waals surface area contributed by atoms with E-state index in [9.17, 15) is 19.8 Å². The van der Waals surface area contributed by atoms with Crippen LogP contribution in [0.1, 0.15) is 48.2 Å². The lowest BCUT2D eigenvalue weighted by Crippen LogP contribution is -2.12. The molecule has 0 saturated carbocycles. The third-order valence-electron chi connectivity index (χ3n) is 6.67. The number of rotatable bonds is 11. The Hall–Kier alpha value is -5.36. The molecule has 210 valence electrons. The first-order chi connectivity index (χ1) is 20.4. The highest BCUT2D eigenvalue weighted by Gasteiger charge is 2.25. The summed E-state index contributed by atoms with van der Waals surface area (Å²) in [5.41, 5.74) is 2.73. The van der Waals surface area contributed by atoms with Crippen LogP contribution >= 0.6 is 0 Å². The molecule has 0 bridgehead atoms. The molecule has 0 aliphatic rings.